The average Bonchev–Trinajstić information content (AvgIpc) is 2.30. The van der Waals surface area contributed by atoms with Crippen molar-refractivity contribution in [1.29, 1.82) is 0 Å². The Morgan fingerprint density at radius 2 is 2.00 bits per heavy atom. The number of carbonyl (C=O) groups is 1. The van der Waals surface area contributed by atoms with Crippen LogP contribution in [0.1, 0.15) is 67.4 Å². The first-order chi connectivity index (χ1) is 8.10. The molecule has 1 aromatic carbocycles. The lowest BCUT2D eigenvalue weighted by atomic mass is 9.94. The molecule has 1 rings (SSSR count). The van der Waals surface area contributed by atoms with Crippen molar-refractivity contribution >= 4 is 6.29 Å². The van der Waals surface area contributed by atoms with Crippen LogP contribution in [-0.4, -0.2) is 11.4 Å². The van der Waals surface area contributed by atoms with E-state index in [9.17, 15) is 9.90 Å². The van der Waals surface area contributed by atoms with E-state index >= 15 is 0 Å². The van der Waals surface area contributed by atoms with E-state index in [-0.39, 0.29) is 11.7 Å². The van der Waals surface area contributed by atoms with Crippen molar-refractivity contribution in [2.24, 2.45) is 0 Å². The van der Waals surface area contributed by atoms with E-state index < -0.39 is 0 Å². The van der Waals surface area contributed by atoms with Crippen LogP contribution < -0.4 is 0 Å². The van der Waals surface area contributed by atoms with E-state index in [0.717, 1.165) is 30.3 Å². The highest BCUT2D eigenvalue weighted by Gasteiger charge is 2.12. The van der Waals surface area contributed by atoms with E-state index in [2.05, 4.69) is 6.92 Å². The van der Waals surface area contributed by atoms with Crippen molar-refractivity contribution in [2.45, 2.75) is 52.4 Å². The summed E-state index contributed by atoms with van der Waals surface area (Å²) < 4.78 is 0. The number of benzene rings is 1. The molecule has 0 bridgehead atoms. The van der Waals surface area contributed by atoms with Crippen molar-refractivity contribution in [1.82, 2.24) is 0 Å². The second-order valence-electron chi connectivity index (χ2n) is 4.85. The van der Waals surface area contributed by atoms with Gasteiger partial charge in [0.25, 0.3) is 0 Å². The molecule has 1 N–H and O–H groups in total. The summed E-state index contributed by atoms with van der Waals surface area (Å²) in [6.07, 6.45) is 5.25. The van der Waals surface area contributed by atoms with Crippen molar-refractivity contribution < 1.29 is 9.90 Å². The van der Waals surface area contributed by atoms with Crippen molar-refractivity contribution in [3.05, 3.63) is 28.8 Å². The van der Waals surface area contributed by atoms with Crippen LogP contribution in [0.4, 0.5) is 0 Å². The normalized spacial score (nSPS) is 10.8. The molecule has 0 unspecified atom stereocenters. The molecule has 0 fully saturated rings. The number of rotatable bonds is 6. The lowest BCUT2D eigenvalue weighted by molar-refractivity contribution is 0.112. The Balaban J connectivity index is 2.98. The number of hydrogen-bond acceptors (Lipinski definition) is 2. The van der Waals surface area contributed by atoms with Gasteiger partial charge in [0.15, 0.2) is 6.29 Å². The summed E-state index contributed by atoms with van der Waals surface area (Å²) in [5.41, 5.74) is 2.45. The average molecular weight is 234 g/mol. The lowest BCUT2D eigenvalue weighted by Crippen LogP contribution is -1.97. The Kier molecular flexibility index (Phi) is 5.20. The monoisotopic (exact) mass is 234 g/mol. The van der Waals surface area contributed by atoms with Crippen LogP contribution in [0, 0.1) is 0 Å². The van der Waals surface area contributed by atoms with Crippen LogP contribution in [0.3, 0.4) is 0 Å². The van der Waals surface area contributed by atoms with Gasteiger partial charge in [-0.25, -0.2) is 0 Å². The van der Waals surface area contributed by atoms with Gasteiger partial charge in [0.1, 0.15) is 5.75 Å². The predicted octanol–water partition coefficient (Wildman–Crippen LogP) is 4.06. The molecular weight excluding hydrogens is 212 g/mol. The fraction of sp³-hybridized carbons (Fsp3) is 0.533. The van der Waals surface area contributed by atoms with Crippen molar-refractivity contribution in [2.75, 3.05) is 0 Å². The van der Waals surface area contributed by atoms with Gasteiger partial charge in [-0.1, -0.05) is 39.7 Å². The summed E-state index contributed by atoms with van der Waals surface area (Å²) >= 11 is 0. The minimum atomic E-state index is 0.147. The van der Waals surface area contributed by atoms with E-state index in [4.69, 9.17) is 0 Å². The Morgan fingerprint density at radius 1 is 1.29 bits per heavy atom. The van der Waals surface area contributed by atoms with Crippen molar-refractivity contribution in [3.63, 3.8) is 0 Å². The van der Waals surface area contributed by atoms with Gasteiger partial charge < -0.3 is 5.11 Å². The van der Waals surface area contributed by atoms with Crippen LogP contribution in [0.2, 0.25) is 0 Å². The first-order valence-electron chi connectivity index (χ1n) is 6.41. The number of phenols is 1. The van der Waals surface area contributed by atoms with Gasteiger partial charge in [0, 0.05) is 0 Å². The summed E-state index contributed by atoms with van der Waals surface area (Å²) in [7, 11) is 0. The topological polar surface area (TPSA) is 37.3 Å². The Morgan fingerprint density at radius 3 is 2.53 bits per heavy atom. The van der Waals surface area contributed by atoms with Gasteiger partial charge in [-0.3, -0.25) is 4.79 Å². The third kappa shape index (κ3) is 3.58. The zero-order valence-corrected chi connectivity index (χ0v) is 11.0. The van der Waals surface area contributed by atoms with Gasteiger partial charge in [0.05, 0.1) is 5.56 Å². The second kappa shape index (κ2) is 6.43. The van der Waals surface area contributed by atoms with Gasteiger partial charge in [0.2, 0.25) is 0 Å². The van der Waals surface area contributed by atoms with Crippen LogP contribution in [0.15, 0.2) is 12.1 Å². The Hall–Kier alpha value is -1.31. The Bertz CT molecular complexity index is 381. The molecule has 0 radical (unpaired) electrons. The van der Waals surface area contributed by atoms with Crippen LogP contribution in [0.25, 0.3) is 0 Å². The second-order valence-corrected chi connectivity index (χ2v) is 4.85. The summed E-state index contributed by atoms with van der Waals surface area (Å²) in [4.78, 5) is 10.9. The van der Waals surface area contributed by atoms with Crippen molar-refractivity contribution in [3.8, 4) is 5.75 Å². The molecule has 0 aliphatic heterocycles. The summed E-state index contributed by atoms with van der Waals surface area (Å²) in [6, 6.07) is 3.84. The minimum Gasteiger partial charge on any atom is -0.507 e. The smallest absolute Gasteiger partial charge is 0.153 e. The SMILES string of the molecule is CCCCCc1cc(C=O)c(O)c(C(C)C)c1. The third-order valence-electron chi connectivity index (χ3n) is 3.05. The van der Waals surface area contributed by atoms with Crippen LogP contribution >= 0.6 is 0 Å². The maximum absolute atomic E-state index is 10.9. The number of phenolic OH excluding ortho intramolecular Hbond substituents is 1. The van der Waals surface area contributed by atoms with Crippen LogP contribution in [-0.2, 0) is 6.42 Å². The maximum atomic E-state index is 10.9. The molecule has 1 aromatic rings. The zero-order chi connectivity index (χ0) is 12.8. The zero-order valence-electron chi connectivity index (χ0n) is 11.0. The fourth-order valence-corrected chi connectivity index (χ4v) is 2.00. The molecule has 0 atom stereocenters. The molecule has 0 heterocycles. The molecule has 94 valence electrons. The van der Waals surface area contributed by atoms with E-state index in [1.165, 1.54) is 12.8 Å². The first kappa shape index (κ1) is 13.8. The fourth-order valence-electron chi connectivity index (χ4n) is 2.00. The number of aryl methyl sites for hydroxylation is 1. The number of carbonyl (C=O) groups excluding carboxylic acids is 1. The molecule has 0 amide bonds. The number of aromatic hydroxyl groups is 1. The molecule has 0 aromatic heterocycles. The highest BCUT2D eigenvalue weighted by molar-refractivity contribution is 5.80. The van der Waals surface area contributed by atoms with Gasteiger partial charge in [-0.05, 0) is 36.0 Å². The number of aldehydes is 1. The molecule has 0 aliphatic carbocycles. The highest BCUT2D eigenvalue weighted by Crippen LogP contribution is 2.30. The van der Waals surface area contributed by atoms with E-state index in [1.54, 1.807) is 0 Å². The van der Waals surface area contributed by atoms with Gasteiger partial charge in [-0.15, -0.1) is 0 Å². The minimum absolute atomic E-state index is 0.147. The van der Waals surface area contributed by atoms with Crippen LogP contribution in [0.5, 0.6) is 5.75 Å². The Labute approximate surface area is 104 Å². The highest BCUT2D eigenvalue weighted by atomic mass is 16.3. The lowest BCUT2D eigenvalue weighted by Gasteiger charge is -2.13. The molecular formula is C15H22O2. The molecule has 17 heavy (non-hydrogen) atoms. The maximum Gasteiger partial charge on any atom is 0.153 e. The third-order valence-corrected chi connectivity index (χ3v) is 3.05. The summed E-state index contributed by atoms with van der Waals surface area (Å²) in [5.74, 6) is 0.383. The number of hydrogen-bond donors (Lipinski definition) is 1. The molecule has 2 nitrogen and oxygen atoms in total. The predicted molar refractivity (Wildman–Crippen MR) is 70.8 cm³/mol. The van der Waals surface area contributed by atoms with Gasteiger partial charge in [-0.2, -0.15) is 0 Å². The first-order valence-corrected chi connectivity index (χ1v) is 6.41. The number of unbranched alkanes of at least 4 members (excludes halogenated alkanes) is 2. The van der Waals surface area contributed by atoms with E-state index in [1.807, 2.05) is 26.0 Å². The molecule has 0 aliphatic rings. The largest absolute Gasteiger partial charge is 0.507 e. The van der Waals surface area contributed by atoms with E-state index in [0.29, 0.717) is 5.56 Å². The summed E-state index contributed by atoms with van der Waals surface area (Å²) in [5, 5.41) is 9.92. The standard InChI is InChI=1S/C15H22O2/c1-4-5-6-7-12-8-13(10-16)15(17)14(9-12)11(2)3/h8-11,17H,4-7H2,1-3H3. The van der Waals surface area contributed by atoms with Gasteiger partial charge >= 0.3 is 0 Å². The molecule has 0 spiro atoms. The molecule has 2 heteroatoms. The molecule has 0 saturated carbocycles. The quantitative estimate of drug-likeness (QED) is 0.595. The molecule has 0 saturated heterocycles. The summed E-state index contributed by atoms with van der Waals surface area (Å²) in [6.45, 7) is 6.23.